The molecule has 3 rings (SSSR count). The van der Waals surface area contributed by atoms with Gasteiger partial charge in [-0.1, -0.05) is 0 Å². The van der Waals surface area contributed by atoms with Crippen molar-refractivity contribution in [2.45, 2.75) is 39.2 Å². The van der Waals surface area contributed by atoms with Crippen LogP contribution < -0.4 is 0 Å². The van der Waals surface area contributed by atoms with Crippen molar-refractivity contribution in [2.24, 2.45) is 0 Å². The fourth-order valence-electron chi connectivity index (χ4n) is 2.55. The van der Waals surface area contributed by atoms with Gasteiger partial charge in [-0.15, -0.1) is 0 Å². The molecule has 0 aliphatic rings. The Hall–Kier alpha value is -1.67. The number of unbranched alkanes of at least 4 members (excludes halogenated alkanes) is 2. The number of imidazole rings is 1. The second-order valence-corrected chi connectivity index (χ2v) is 6.66. The number of aromatic amines is 1. The summed E-state index contributed by atoms with van der Waals surface area (Å²) in [4.78, 5) is 0. The first-order valence-corrected chi connectivity index (χ1v) is 9.02. The van der Waals surface area contributed by atoms with E-state index in [-0.39, 0.29) is 12.3 Å². The number of hydrogen-bond acceptors (Lipinski definition) is 1. The van der Waals surface area contributed by atoms with Crippen LogP contribution in [0.25, 0.3) is 5.69 Å². The Labute approximate surface area is 150 Å². The number of aryl methyl sites for hydroxylation is 2. The summed E-state index contributed by atoms with van der Waals surface area (Å²) in [5.41, 5.74) is 3.15. The summed E-state index contributed by atoms with van der Waals surface area (Å²) in [6.45, 7) is 2.78. The van der Waals surface area contributed by atoms with E-state index in [0.29, 0.717) is 0 Å². The summed E-state index contributed by atoms with van der Waals surface area (Å²) in [6, 6.07) is 11.9. The van der Waals surface area contributed by atoms with Crippen LogP contribution in [-0.4, -0.2) is 19.3 Å². The van der Waals surface area contributed by atoms with Gasteiger partial charge in [0, 0.05) is 0 Å². The summed E-state index contributed by atoms with van der Waals surface area (Å²) in [7, 11) is 0. The zero-order chi connectivity index (χ0) is 17.8. The molecule has 0 bridgehead atoms. The summed E-state index contributed by atoms with van der Waals surface area (Å²) >= 11 is 2.22. The predicted octanol–water partition coefficient (Wildman–Crippen LogP) is 3.80. The fraction of sp³-hybridized carbons (Fsp3) is 0.333. The van der Waals surface area contributed by atoms with Crippen LogP contribution >= 0.6 is 0 Å². The maximum atomic E-state index is 8.26. The van der Waals surface area contributed by atoms with E-state index in [4.69, 9.17) is 2.74 Å². The van der Waals surface area contributed by atoms with Crippen LogP contribution in [0.3, 0.4) is 0 Å². The molecule has 0 radical (unpaired) electrons. The van der Waals surface area contributed by atoms with E-state index in [9.17, 15) is 0 Å². The second kappa shape index (κ2) is 7.74. The van der Waals surface area contributed by atoms with Crippen LogP contribution in [0.2, 0.25) is 0 Å². The first kappa shape index (κ1) is 13.7. The monoisotopic (exact) mass is 491 g/mol. The molecule has 5 heteroatoms. The van der Waals surface area contributed by atoms with Crippen LogP contribution in [-0.2, 0) is 32.3 Å². The van der Waals surface area contributed by atoms with Gasteiger partial charge in [0.05, 0.1) is 0 Å². The zero-order valence-corrected chi connectivity index (χ0v) is 15.4. The van der Waals surface area contributed by atoms with Gasteiger partial charge in [-0.05, 0) is 0 Å². The van der Waals surface area contributed by atoms with Gasteiger partial charge in [-0.3, -0.25) is 0 Å². The van der Waals surface area contributed by atoms with Gasteiger partial charge in [0.15, 0.2) is 0 Å². The molecule has 0 amide bonds. The summed E-state index contributed by atoms with van der Waals surface area (Å²) in [5.74, 6) is 0. The average molecular weight is 491 g/mol. The minimum atomic E-state index is 0.239. The molecule has 0 saturated heterocycles. The Morgan fingerprint density at radius 1 is 1.17 bits per heavy atom. The molecule has 0 aliphatic heterocycles. The van der Waals surface area contributed by atoms with E-state index in [1.165, 1.54) is 0 Å². The van der Waals surface area contributed by atoms with Gasteiger partial charge in [-0.2, -0.15) is 0 Å². The van der Waals surface area contributed by atoms with Crippen LogP contribution in [0.1, 0.15) is 33.4 Å². The summed E-state index contributed by atoms with van der Waals surface area (Å²) in [5, 5.41) is 7.23. The van der Waals surface area contributed by atoms with Gasteiger partial charge in [0.25, 0.3) is 0 Å². The van der Waals surface area contributed by atoms with E-state index in [1.54, 1.807) is 0 Å². The predicted molar refractivity (Wildman–Crippen MR) is 87.9 cm³/mol. The Morgan fingerprint density at radius 3 is 2.74 bits per heavy atom. The maximum absolute atomic E-state index is 8.26. The van der Waals surface area contributed by atoms with Crippen molar-refractivity contribution in [1.82, 2.24) is 19.3 Å². The van der Waals surface area contributed by atoms with Gasteiger partial charge >= 0.3 is 150 Å². The second-order valence-electron chi connectivity index (χ2n) is 5.64. The number of H-pyrrole nitrogens is 1. The Bertz CT molecular complexity index is 896. The first-order valence-electron chi connectivity index (χ1n) is 8.88. The van der Waals surface area contributed by atoms with Gasteiger partial charge in [0.1, 0.15) is 0 Å². The van der Waals surface area contributed by atoms with Gasteiger partial charge in [0.2, 0.25) is 0 Å². The van der Waals surface area contributed by atoms with Crippen molar-refractivity contribution in [2.75, 3.05) is 0 Å². The van der Waals surface area contributed by atoms with Crippen LogP contribution in [0.5, 0.6) is 0 Å². The van der Waals surface area contributed by atoms with Crippen LogP contribution in [0.4, 0.5) is 0 Å². The minimum absolute atomic E-state index is 0.239. The molecule has 0 aliphatic carbocycles. The molecule has 0 fully saturated rings. The van der Waals surface area contributed by atoms with Crippen molar-refractivity contribution in [3.8, 4) is 5.69 Å². The Morgan fingerprint density at radius 2 is 2.00 bits per heavy atom. The van der Waals surface area contributed by atoms with E-state index in [2.05, 4.69) is 35.6 Å². The molecule has 2 heterocycles. The van der Waals surface area contributed by atoms with Crippen molar-refractivity contribution in [1.29, 1.82) is 0 Å². The normalized spacial score (nSPS) is 12.3. The number of rotatable bonds is 7. The van der Waals surface area contributed by atoms with E-state index in [1.807, 2.05) is 46.4 Å². The molecule has 124 valence electrons. The van der Waals surface area contributed by atoms with Crippen molar-refractivity contribution < 1.29 is 22.1 Å². The molecule has 1 aromatic carbocycles. The third-order valence-corrected chi connectivity index (χ3v) is 4.88. The van der Waals surface area contributed by atoms with Gasteiger partial charge < -0.3 is 0 Å². The molecule has 1 N–H and O–H groups in total. The number of benzene rings is 1. The third kappa shape index (κ3) is 4.20. The number of para-hydroxylation sites is 1. The third-order valence-electron chi connectivity index (χ3n) is 3.76. The van der Waals surface area contributed by atoms with Crippen molar-refractivity contribution in [3.63, 3.8) is 0 Å². The van der Waals surface area contributed by atoms with Gasteiger partial charge in [-0.25, -0.2) is 0 Å². The molecular formula is C18H22N4Pt. The fourth-order valence-corrected chi connectivity index (χ4v) is 3.35. The molecule has 0 atom stereocenters. The Kier molecular flexibility index (Phi) is 4.62. The van der Waals surface area contributed by atoms with Crippen LogP contribution in [0.15, 0.2) is 48.7 Å². The summed E-state index contributed by atoms with van der Waals surface area (Å²) in [6.07, 6.45) is 4.66. The Balaban J connectivity index is 1.62. The zero-order valence-electron chi connectivity index (χ0n) is 15.2. The molecular weight excluding hydrogens is 467 g/mol. The number of nitrogens with one attached hydrogen (secondary N) is 1. The SMILES string of the molecule is [2H]c1c([2H])n(-c2ccccc2)[c](=[Pt])n1CCCCCc1cc(C)[nH]n1. The topological polar surface area (TPSA) is 38.5 Å². The number of nitrogens with zero attached hydrogens (tertiary/aromatic N) is 3. The molecule has 2 aromatic heterocycles. The molecule has 0 spiro atoms. The van der Waals surface area contributed by atoms with E-state index < -0.39 is 0 Å². The first-order chi connectivity index (χ1) is 12.1. The van der Waals surface area contributed by atoms with Crippen molar-refractivity contribution in [3.05, 3.63) is 63.9 Å². The van der Waals surface area contributed by atoms with E-state index >= 15 is 0 Å². The molecule has 4 nitrogen and oxygen atoms in total. The molecule has 0 unspecified atom stereocenters. The molecule has 3 aromatic rings. The standard InChI is InChI=1S/C18H22N4.Pt/c1-16-14-17(20-19-16)8-4-3-7-11-21-12-13-22(15-21)18-9-5-2-6-10-18;/h2,5-6,9-10,12-14H,3-4,7-8,11H2,1H3,(H,19,20);/i12D,13D;. The number of aromatic nitrogens is 4. The average Bonchev–Trinajstić information content (AvgIpc) is 3.11. The van der Waals surface area contributed by atoms with Crippen LogP contribution in [0, 0.1) is 10.7 Å². The summed E-state index contributed by atoms with van der Waals surface area (Å²) < 4.78 is 21.2. The number of hydrogen-bond donors (Lipinski definition) is 1. The quantitative estimate of drug-likeness (QED) is 0.502. The molecule has 23 heavy (non-hydrogen) atoms. The molecule has 0 saturated carbocycles. The van der Waals surface area contributed by atoms with E-state index in [0.717, 1.165) is 53.1 Å². The van der Waals surface area contributed by atoms with Crippen molar-refractivity contribution >= 4 is 0 Å².